The van der Waals surface area contributed by atoms with Crippen LogP contribution in [0.4, 0.5) is 0 Å². The molecule has 0 spiro atoms. The summed E-state index contributed by atoms with van der Waals surface area (Å²) in [6.45, 7) is 4.20. The summed E-state index contributed by atoms with van der Waals surface area (Å²) in [5.41, 5.74) is 0.680. The van der Waals surface area contributed by atoms with E-state index in [1.165, 1.54) is 32.1 Å². The average molecular weight is 357 g/mol. The van der Waals surface area contributed by atoms with E-state index in [0.29, 0.717) is 12.0 Å². The molecule has 142 valence electrons. The molecule has 2 rings (SSSR count). The van der Waals surface area contributed by atoms with E-state index >= 15 is 0 Å². The Morgan fingerprint density at radius 2 is 2.00 bits per heavy atom. The molecule has 3 heteroatoms. The molecule has 1 atom stereocenters. The normalized spacial score (nSPS) is 15.0. The highest BCUT2D eigenvalue weighted by Crippen LogP contribution is 2.26. The van der Waals surface area contributed by atoms with Crippen molar-refractivity contribution >= 4 is 5.97 Å². The summed E-state index contributed by atoms with van der Waals surface area (Å²) in [6.07, 6.45) is 13.2. The van der Waals surface area contributed by atoms with Gasteiger partial charge in [0.05, 0.1) is 0 Å². The van der Waals surface area contributed by atoms with E-state index in [9.17, 15) is 9.90 Å². The van der Waals surface area contributed by atoms with Gasteiger partial charge < -0.3 is 10.2 Å². The Bertz CT molecular complexity index is 616. The lowest BCUT2D eigenvalue weighted by atomic mass is 10.0. The Hall–Kier alpha value is -2.21. The van der Waals surface area contributed by atoms with Crippen molar-refractivity contribution in [1.29, 1.82) is 0 Å². The second-order valence-electron chi connectivity index (χ2n) is 6.97. The summed E-state index contributed by atoms with van der Waals surface area (Å²) in [5, 5.41) is 17.6. The predicted octanol–water partition coefficient (Wildman–Crippen LogP) is 5.58. The number of rotatable bonds is 7. The Labute approximate surface area is 158 Å². The number of aliphatic carboxylic acids is 1. The van der Waals surface area contributed by atoms with Crippen LogP contribution in [0.15, 0.2) is 36.4 Å². The van der Waals surface area contributed by atoms with Crippen LogP contribution in [-0.2, 0) is 11.2 Å². The summed E-state index contributed by atoms with van der Waals surface area (Å²) in [4.78, 5) is 10.2. The molecule has 1 unspecified atom stereocenters. The van der Waals surface area contributed by atoms with Gasteiger partial charge in [-0.05, 0) is 56.1 Å². The minimum atomic E-state index is -0.849. The van der Waals surface area contributed by atoms with Crippen LogP contribution in [0.25, 0.3) is 0 Å². The Morgan fingerprint density at radius 3 is 2.62 bits per heavy atom. The topological polar surface area (TPSA) is 57.5 Å². The third-order valence-corrected chi connectivity index (χ3v) is 4.57. The van der Waals surface area contributed by atoms with Crippen molar-refractivity contribution in [2.24, 2.45) is 11.8 Å². The molecular formula is C23H32O3. The number of phenolic OH excluding ortho intramolecular Hbond substituents is 1. The Morgan fingerprint density at radius 1 is 1.31 bits per heavy atom. The molecule has 1 aromatic rings. The fourth-order valence-corrected chi connectivity index (χ4v) is 2.98. The van der Waals surface area contributed by atoms with Gasteiger partial charge >= 0.3 is 5.97 Å². The minimum absolute atomic E-state index is 0.0531. The molecule has 1 fully saturated rings. The number of phenols is 1. The van der Waals surface area contributed by atoms with E-state index in [-0.39, 0.29) is 12.2 Å². The molecular weight excluding hydrogens is 324 g/mol. The van der Waals surface area contributed by atoms with E-state index in [2.05, 4.69) is 30.9 Å². The van der Waals surface area contributed by atoms with E-state index in [1.807, 2.05) is 6.92 Å². The van der Waals surface area contributed by atoms with Gasteiger partial charge in [-0.1, -0.05) is 50.1 Å². The monoisotopic (exact) mass is 356 g/mol. The molecule has 0 aromatic heterocycles. The van der Waals surface area contributed by atoms with Gasteiger partial charge in [-0.2, -0.15) is 0 Å². The molecule has 0 aliphatic heterocycles. The fraction of sp³-hybridized carbons (Fsp3) is 0.522. The van der Waals surface area contributed by atoms with Crippen molar-refractivity contribution in [1.82, 2.24) is 0 Å². The van der Waals surface area contributed by atoms with Crippen molar-refractivity contribution in [2.45, 2.75) is 65.2 Å². The number of hydrogen-bond donors (Lipinski definition) is 2. The number of aromatic hydroxyl groups is 1. The zero-order valence-electron chi connectivity index (χ0n) is 16.1. The van der Waals surface area contributed by atoms with Crippen molar-refractivity contribution < 1.29 is 15.0 Å². The first kappa shape index (κ1) is 21.8. The molecule has 0 amide bonds. The molecule has 1 aromatic carbocycles. The number of carboxylic acid groups (broad SMARTS) is 1. The van der Waals surface area contributed by atoms with E-state index in [1.54, 1.807) is 24.3 Å². The highest BCUT2D eigenvalue weighted by atomic mass is 16.4. The van der Waals surface area contributed by atoms with E-state index < -0.39 is 5.97 Å². The molecule has 1 saturated carbocycles. The van der Waals surface area contributed by atoms with Crippen LogP contribution in [0.2, 0.25) is 0 Å². The summed E-state index contributed by atoms with van der Waals surface area (Å²) in [7, 11) is 0. The number of aryl methyl sites for hydroxylation is 1. The van der Waals surface area contributed by atoms with Crippen LogP contribution < -0.4 is 0 Å². The maximum absolute atomic E-state index is 10.2. The van der Waals surface area contributed by atoms with Crippen LogP contribution in [0.3, 0.4) is 0 Å². The van der Waals surface area contributed by atoms with E-state index in [0.717, 1.165) is 18.3 Å². The van der Waals surface area contributed by atoms with Gasteiger partial charge in [0.15, 0.2) is 0 Å². The first-order valence-electron chi connectivity index (χ1n) is 9.57. The Balaban J connectivity index is 0.000000263. The molecule has 3 nitrogen and oxygen atoms in total. The first-order valence-corrected chi connectivity index (χ1v) is 9.57. The summed E-state index contributed by atoms with van der Waals surface area (Å²) < 4.78 is 0. The van der Waals surface area contributed by atoms with Crippen LogP contribution in [-0.4, -0.2) is 16.2 Å². The van der Waals surface area contributed by atoms with Crippen molar-refractivity contribution in [3.8, 4) is 17.6 Å². The lowest BCUT2D eigenvalue weighted by Crippen LogP contribution is -1.97. The van der Waals surface area contributed by atoms with E-state index in [4.69, 9.17) is 5.11 Å². The number of para-hydroxylation sites is 1. The van der Waals surface area contributed by atoms with Gasteiger partial charge in [-0.3, -0.25) is 4.79 Å². The molecule has 0 saturated heterocycles. The molecule has 26 heavy (non-hydrogen) atoms. The van der Waals surface area contributed by atoms with Gasteiger partial charge in [0, 0.05) is 12.8 Å². The number of carbonyl (C=O) groups is 1. The maximum atomic E-state index is 10.2. The third-order valence-electron chi connectivity index (χ3n) is 4.57. The minimum Gasteiger partial charge on any atom is -0.508 e. The van der Waals surface area contributed by atoms with Gasteiger partial charge in [-0.15, -0.1) is 11.8 Å². The SMILES string of the molecule is CC#CCC(C)C/C=C/C1CCCC1.O=C(O)CCc1ccccc1O. The third kappa shape index (κ3) is 9.93. The smallest absolute Gasteiger partial charge is 0.303 e. The standard InChI is InChI=1S/C14H22.C9H10O3/c1-3-4-8-13(2)9-7-12-14-10-5-6-11-14;10-8-4-2-1-3-7(8)5-6-9(11)12/h7,12-14H,5-6,8-11H2,1-2H3;1-4,10H,5-6H2,(H,11,12)/b12-7+;. The molecule has 0 heterocycles. The maximum Gasteiger partial charge on any atom is 0.303 e. The molecule has 1 aliphatic rings. The summed E-state index contributed by atoms with van der Waals surface area (Å²) in [6, 6.07) is 6.76. The lowest BCUT2D eigenvalue weighted by molar-refractivity contribution is -0.136. The van der Waals surface area contributed by atoms with Crippen LogP contribution in [0.1, 0.15) is 64.4 Å². The first-order chi connectivity index (χ1) is 12.5. The summed E-state index contributed by atoms with van der Waals surface area (Å²) >= 11 is 0. The van der Waals surface area contributed by atoms with Gasteiger partial charge in [0.2, 0.25) is 0 Å². The fourth-order valence-electron chi connectivity index (χ4n) is 2.98. The lowest BCUT2D eigenvalue weighted by Gasteiger charge is -2.04. The highest BCUT2D eigenvalue weighted by Gasteiger charge is 2.10. The van der Waals surface area contributed by atoms with Crippen molar-refractivity contribution in [3.05, 3.63) is 42.0 Å². The van der Waals surface area contributed by atoms with Crippen LogP contribution >= 0.6 is 0 Å². The van der Waals surface area contributed by atoms with Gasteiger partial charge in [0.1, 0.15) is 5.75 Å². The average Bonchev–Trinajstić information content (AvgIpc) is 3.13. The Kier molecular flexibility index (Phi) is 11.0. The highest BCUT2D eigenvalue weighted by molar-refractivity contribution is 5.67. The quantitative estimate of drug-likeness (QED) is 0.495. The predicted molar refractivity (Wildman–Crippen MR) is 107 cm³/mol. The largest absolute Gasteiger partial charge is 0.508 e. The number of allylic oxidation sites excluding steroid dienone is 2. The number of carboxylic acids is 1. The molecule has 1 aliphatic carbocycles. The second kappa shape index (κ2) is 13.1. The van der Waals surface area contributed by atoms with Gasteiger partial charge in [-0.25, -0.2) is 0 Å². The van der Waals surface area contributed by atoms with Gasteiger partial charge in [0.25, 0.3) is 0 Å². The molecule has 0 radical (unpaired) electrons. The van der Waals surface area contributed by atoms with Crippen LogP contribution in [0.5, 0.6) is 5.75 Å². The molecule has 0 bridgehead atoms. The molecule has 2 N–H and O–H groups in total. The van der Waals surface area contributed by atoms with Crippen molar-refractivity contribution in [2.75, 3.05) is 0 Å². The number of benzene rings is 1. The van der Waals surface area contributed by atoms with Crippen molar-refractivity contribution in [3.63, 3.8) is 0 Å². The number of hydrogen-bond acceptors (Lipinski definition) is 2. The second-order valence-corrected chi connectivity index (χ2v) is 6.97. The zero-order chi connectivity index (χ0) is 19.2. The summed E-state index contributed by atoms with van der Waals surface area (Å²) in [5.74, 6) is 7.03. The van der Waals surface area contributed by atoms with Crippen LogP contribution in [0, 0.1) is 23.7 Å². The zero-order valence-corrected chi connectivity index (χ0v) is 16.1.